The molecule has 7 nitrogen and oxygen atoms in total. The second-order valence-electron chi connectivity index (χ2n) is 13.7. The van der Waals surface area contributed by atoms with Crippen LogP contribution in [-0.4, -0.2) is 58.8 Å². The van der Waals surface area contributed by atoms with E-state index in [0.717, 1.165) is 31.8 Å². The summed E-state index contributed by atoms with van der Waals surface area (Å²) in [6.07, 6.45) is 5.18. The second-order valence-corrected chi connectivity index (χ2v) is 13.7. The van der Waals surface area contributed by atoms with E-state index in [1.54, 1.807) is 13.8 Å². The highest BCUT2D eigenvalue weighted by Gasteiger charge is 2.78. The zero-order valence-corrected chi connectivity index (χ0v) is 26.3. The number of Topliss-reactive ketones (excluding diaryl/α,β-unsaturated/α-hetero) is 1. The van der Waals surface area contributed by atoms with Crippen LogP contribution < -0.4 is 0 Å². The van der Waals surface area contributed by atoms with E-state index in [-0.39, 0.29) is 37.7 Å². The molecule has 0 aromatic heterocycles. The van der Waals surface area contributed by atoms with Gasteiger partial charge < -0.3 is 14.6 Å². The van der Waals surface area contributed by atoms with Gasteiger partial charge in [0, 0.05) is 35.5 Å². The van der Waals surface area contributed by atoms with Crippen LogP contribution in [0.15, 0.2) is 23.8 Å². The third-order valence-electron chi connectivity index (χ3n) is 11.2. The number of halogens is 2. The van der Waals surface area contributed by atoms with Crippen LogP contribution in [0, 0.1) is 28.6 Å². The standard InChI is InChI=1S/C34H48F2O7/c1-6-8-10-11-13-30(41)43-34(28(39)20-42-29(40)12-9-7-2)21(3)16-23-24-18-26(35)25-17-22(37)14-15-31(25,4)33(24,36)27(38)19-32(23,34)5/h14-15,17,21,23-24,26-27,38H,6-13,16,18-20H2,1-5H3. The van der Waals surface area contributed by atoms with Gasteiger partial charge >= 0.3 is 11.9 Å². The Labute approximate surface area is 253 Å². The van der Waals surface area contributed by atoms with Crippen molar-refractivity contribution in [3.8, 4) is 0 Å². The summed E-state index contributed by atoms with van der Waals surface area (Å²) in [7, 11) is 0. The summed E-state index contributed by atoms with van der Waals surface area (Å²) in [6, 6.07) is 0. The van der Waals surface area contributed by atoms with E-state index in [9.17, 15) is 24.3 Å². The molecule has 0 aliphatic heterocycles. The van der Waals surface area contributed by atoms with Crippen LogP contribution in [0.1, 0.15) is 105 Å². The molecule has 9 heteroatoms. The van der Waals surface area contributed by atoms with Gasteiger partial charge in [0.25, 0.3) is 0 Å². The number of unbranched alkanes of at least 4 members (excludes halogenated alkanes) is 4. The number of esters is 2. The van der Waals surface area contributed by atoms with E-state index in [2.05, 4.69) is 6.92 Å². The Morgan fingerprint density at radius 3 is 2.35 bits per heavy atom. The number of ketones is 2. The lowest BCUT2D eigenvalue weighted by Crippen LogP contribution is -2.71. The molecule has 0 aromatic rings. The van der Waals surface area contributed by atoms with Crippen LogP contribution >= 0.6 is 0 Å². The number of carbonyl (C=O) groups excluding carboxylic acids is 4. The Morgan fingerprint density at radius 1 is 1.00 bits per heavy atom. The van der Waals surface area contributed by atoms with Crippen molar-refractivity contribution < 1.29 is 42.5 Å². The average molecular weight is 607 g/mol. The summed E-state index contributed by atoms with van der Waals surface area (Å²) >= 11 is 0. The Balaban J connectivity index is 1.73. The molecule has 9 atom stereocenters. The predicted octanol–water partition coefficient (Wildman–Crippen LogP) is 6.11. The Hall–Kier alpha value is -2.42. The number of aliphatic hydroxyl groups excluding tert-OH is 1. The van der Waals surface area contributed by atoms with Crippen molar-refractivity contribution in [3.05, 3.63) is 23.8 Å². The van der Waals surface area contributed by atoms with Crippen LogP contribution in [0.3, 0.4) is 0 Å². The molecule has 43 heavy (non-hydrogen) atoms. The minimum atomic E-state index is -2.32. The zero-order chi connectivity index (χ0) is 31.8. The molecule has 0 bridgehead atoms. The van der Waals surface area contributed by atoms with Crippen molar-refractivity contribution in [2.24, 2.45) is 28.6 Å². The molecule has 0 heterocycles. The topological polar surface area (TPSA) is 107 Å². The molecule has 9 unspecified atom stereocenters. The lowest BCUT2D eigenvalue weighted by atomic mass is 9.44. The maximum atomic E-state index is 17.6. The first-order valence-electron chi connectivity index (χ1n) is 16.1. The number of rotatable bonds is 12. The zero-order valence-electron chi connectivity index (χ0n) is 26.3. The third kappa shape index (κ3) is 5.31. The summed E-state index contributed by atoms with van der Waals surface area (Å²) in [6.45, 7) is 8.39. The number of fused-ring (bicyclic) bond motifs is 5. The molecule has 0 amide bonds. The normalized spacial score (nSPS) is 39.8. The van der Waals surface area contributed by atoms with Crippen LogP contribution in [-0.2, 0) is 28.7 Å². The van der Waals surface area contributed by atoms with Crippen molar-refractivity contribution in [1.82, 2.24) is 0 Å². The number of aliphatic hydroxyl groups is 1. The van der Waals surface area contributed by atoms with E-state index in [1.807, 2.05) is 6.92 Å². The SMILES string of the molecule is CCCCCCC(=O)OC1(C(=O)COC(=O)CCCC)C(C)CC2C3CC(F)C4=CC(=O)C=CC4(C)C3(F)C(O)CC21C. The van der Waals surface area contributed by atoms with Crippen molar-refractivity contribution in [3.63, 3.8) is 0 Å². The van der Waals surface area contributed by atoms with Crippen LogP contribution in [0.5, 0.6) is 0 Å². The molecule has 1 N–H and O–H groups in total. The Kier molecular flexibility index (Phi) is 9.75. The summed E-state index contributed by atoms with van der Waals surface area (Å²) in [5.41, 5.74) is -6.92. The molecule has 0 aromatic carbocycles. The first kappa shape index (κ1) is 33.5. The molecule has 0 spiro atoms. The lowest BCUT2D eigenvalue weighted by Gasteiger charge is -2.63. The molecule has 4 aliphatic carbocycles. The fraction of sp³-hybridized carbons (Fsp3) is 0.765. The van der Waals surface area contributed by atoms with Gasteiger partial charge in [0.05, 0.1) is 6.10 Å². The van der Waals surface area contributed by atoms with E-state index < -0.39 is 82.2 Å². The number of alkyl halides is 2. The first-order chi connectivity index (χ1) is 20.2. The molecule has 0 radical (unpaired) electrons. The molecule has 3 fully saturated rings. The molecule has 0 saturated heterocycles. The maximum Gasteiger partial charge on any atom is 0.306 e. The molecule has 4 aliphatic rings. The van der Waals surface area contributed by atoms with E-state index in [0.29, 0.717) is 12.8 Å². The molecule has 240 valence electrons. The van der Waals surface area contributed by atoms with Gasteiger partial charge in [-0.2, -0.15) is 0 Å². The van der Waals surface area contributed by atoms with Crippen molar-refractivity contribution in [2.45, 2.75) is 129 Å². The number of ether oxygens (including phenoxy) is 2. The van der Waals surface area contributed by atoms with Crippen LogP contribution in [0.25, 0.3) is 0 Å². The largest absolute Gasteiger partial charge is 0.457 e. The number of carbonyl (C=O) groups is 4. The summed E-state index contributed by atoms with van der Waals surface area (Å²) in [4.78, 5) is 52.0. The number of allylic oxidation sites excluding steroid dienone is 4. The predicted molar refractivity (Wildman–Crippen MR) is 156 cm³/mol. The van der Waals surface area contributed by atoms with Gasteiger partial charge in [-0.05, 0) is 62.7 Å². The first-order valence-corrected chi connectivity index (χ1v) is 16.1. The van der Waals surface area contributed by atoms with Crippen LogP contribution in [0.2, 0.25) is 0 Å². The monoisotopic (exact) mass is 606 g/mol. The molecular weight excluding hydrogens is 558 g/mol. The second kappa shape index (κ2) is 12.5. The minimum absolute atomic E-state index is 0.0206. The van der Waals surface area contributed by atoms with Gasteiger partial charge in [-0.3, -0.25) is 19.2 Å². The highest BCUT2D eigenvalue weighted by Crippen LogP contribution is 2.71. The van der Waals surface area contributed by atoms with Gasteiger partial charge in [-0.1, -0.05) is 59.5 Å². The van der Waals surface area contributed by atoms with Gasteiger partial charge in [-0.25, -0.2) is 8.78 Å². The van der Waals surface area contributed by atoms with Crippen molar-refractivity contribution in [2.75, 3.05) is 6.61 Å². The van der Waals surface area contributed by atoms with E-state index in [1.165, 1.54) is 19.1 Å². The summed E-state index contributed by atoms with van der Waals surface area (Å²) in [5.74, 6) is -4.39. The molecular formula is C34H48F2O7. The number of hydrogen-bond acceptors (Lipinski definition) is 7. The van der Waals surface area contributed by atoms with Gasteiger partial charge in [-0.15, -0.1) is 0 Å². The Morgan fingerprint density at radius 2 is 1.67 bits per heavy atom. The molecule has 4 rings (SSSR count). The highest BCUT2D eigenvalue weighted by molar-refractivity contribution is 6.01. The van der Waals surface area contributed by atoms with Gasteiger partial charge in [0.1, 0.15) is 6.17 Å². The fourth-order valence-corrected chi connectivity index (χ4v) is 8.97. The third-order valence-corrected chi connectivity index (χ3v) is 11.2. The quantitative estimate of drug-likeness (QED) is 0.211. The van der Waals surface area contributed by atoms with Crippen molar-refractivity contribution in [1.29, 1.82) is 0 Å². The fourth-order valence-electron chi connectivity index (χ4n) is 8.97. The van der Waals surface area contributed by atoms with Crippen LogP contribution in [0.4, 0.5) is 8.78 Å². The lowest BCUT2D eigenvalue weighted by molar-refractivity contribution is -0.232. The summed E-state index contributed by atoms with van der Waals surface area (Å²) < 4.78 is 45.0. The number of hydrogen-bond donors (Lipinski definition) is 1. The minimum Gasteiger partial charge on any atom is -0.457 e. The maximum absolute atomic E-state index is 17.6. The smallest absolute Gasteiger partial charge is 0.306 e. The van der Waals surface area contributed by atoms with E-state index in [4.69, 9.17) is 9.47 Å². The van der Waals surface area contributed by atoms with Gasteiger partial charge in [0.15, 0.2) is 23.7 Å². The summed E-state index contributed by atoms with van der Waals surface area (Å²) in [5, 5.41) is 11.7. The average Bonchev–Trinajstić information content (AvgIpc) is 3.17. The van der Waals surface area contributed by atoms with Gasteiger partial charge in [0.2, 0.25) is 5.78 Å². The van der Waals surface area contributed by atoms with Crippen molar-refractivity contribution >= 4 is 23.5 Å². The van der Waals surface area contributed by atoms with E-state index >= 15 is 8.78 Å². The highest BCUT2D eigenvalue weighted by atomic mass is 19.1. The molecule has 3 saturated carbocycles. The Bertz CT molecular complexity index is 1180.